The van der Waals surface area contributed by atoms with Crippen LogP contribution in [0.4, 0.5) is 0 Å². The number of carbonyl (C=O) groups is 1. The first-order chi connectivity index (χ1) is 9.28. The first kappa shape index (κ1) is 15.4. The highest BCUT2D eigenvalue weighted by molar-refractivity contribution is 5.92. The summed E-state index contributed by atoms with van der Waals surface area (Å²) >= 11 is 0. The van der Waals surface area contributed by atoms with Crippen molar-refractivity contribution in [2.75, 3.05) is 13.1 Å². The SMILES string of the molecule is CCc1ccc(C(=O)N(CC2CCCN2)C2CC2)o1.Cl. The van der Waals surface area contributed by atoms with Crippen LogP contribution in [0, 0.1) is 0 Å². The van der Waals surface area contributed by atoms with Crippen LogP contribution in [-0.2, 0) is 6.42 Å². The Hall–Kier alpha value is -1.00. The summed E-state index contributed by atoms with van der Waals surface area (Å²) in [7, 11) is 0. The van der Waals surface area contributed by atoms with Crippen molar-refractivity contribution in [1.29, 1.82) is 0 Å². The molecule has 2 aliphatic rings. The number of hydrogen-bond donors (Lipinski definition) is 1. The molecule has 1 aliphatic carbocycles. The average molecular weight is 299 g/mol. The van der Waals surface area contributed by atoms with E-state index in [1.54, 1.807) is 0 Å². The highest BCUT2D eigenvalue weighted by Gasteiger charge is 2.36. The zero-order chi connectivity index (χ0) is 13.2. The van der Waals surface area contributed by atoms with Gasteiger partial charge in [0.2, 0.25) is 0 Å². The number of aryl methyl sites for hydroxylation is 1. The molecule has 112 valence electrons. The van der Waals surface area contributed by atoms with Gasteiger partial charge in [-0.05, 0) is 44.4 Å². The molecule has 0 aromatic carbocycles. The van der Waals surface area contributed by atoms with Crippen molar-refractivity contribution in [3.63, 3.8) is 0 Å². The maximum absolute atomic E-state index is 12.5. The predicted molar refractivity (Wildman–Crippen MR) is 80.4 cm³/mol. The van der Waals surface area contributed by atoms with Gasteiger partial charge in [-0.2, -0.15) is 0 Å². The van der Waals surface area contributed by atoms with Crippen LogP contribution in [-0.4, -0.2) is 36.0 Å². The molecule has 1 aromatic rings. The number of amides is 1. The molecule has 1 amide bonds. The standard InChI is InChI=1S/C15H22N2O2.ClH/c1-2-13-7-8-14(19-13)15(18)17(12-5-6-12)10-11-4-3-9-16-11;/h7-8,11-12,16H,2-6,9-10H2,1H3;1H. The van der Waals surface area contributed by atoms with Crippen LogP contribution in [0.15, 0.2) is 16.5 Å². The zero-order valence-electron chi connectivity index (χ0n) is 11.9. The lowest BCUT2D eigenvalue weighted by Crippen LogP contribution is -2.42. The topological polar surface area (TPSA) is 45.5 Å². The van der Waals surface area contributed by atoms with Crippen LogP contribution in [0.2, 0.25) is 0 Å². The van der Waals surface area contributed by atoms with Crippen LogP contribution in [0.5, 0.6) is 0 Å². The lowest BCUT2D eigenvalue weighted by atomic mass is 10.2. The van der Waals surface area contributed by atoms with Gasteiger partial charge in [0.15, 0.2) is 5.76 Å². The van der Waals surface area contributed by atoms with Crippen molar-refractivity contribution in [3.8, 4) is 0 Å². The fourth-order valence-electron chi connectivity index (χ4n) is 2.76. The van der Waals surface area contributed by atoms with Crippen molar-refractivity contribution in [2.24, 2.45) is 0 Å². The summed E-state index contributed by atoms with van der Waals surface area (Å²) in [5, 5.41) is 3.47. The molecule has 1 saturated carbocycles. The van der Waals surface area contributed by atoms with Crippen LogP contribution >= 0.6 is 12.4 Å². The Balaban J connectivity index is 0.00000147. The first-order valence-corrected chi connectivity index (χ1v) is 7.41. The summed E-state index contributed by atoms with van der Waals surface area (Å²) in [4.78, 5) is 14.6. The van der Waals surface area contributed by atoms with Crippen molar-refractivity contribution >= 4 is 18.3 Å². The van der Waals surface area contributed by atoms with Gasteiger partial charge in [-0.3, -0.25) is 4.79 Å². The predicted octanol–water partition coefficient (Wildman–Crippen LogP) is 2.62. The molecule has 1 aromatic heterocycles. The second-order valence-electron chi connectivity index (χ2n) is 5.60. The molecule has 20 heavy (non-hydrogen) atoms. The summed E-state index contributed by atoms with van der Waals surface area (Å²) < 4.78 is 5.61. The minimum absolute atomic E-state index is 0. The van der Waals surface area contributed by atoms with Gasteiger partial charge in [0.1, 0.15) is 5.76 Å². The summed E-state index contributed by atoms with van der Waals surface area (Å²) in [6, 6.07) is 4.63. The average Bonchev–Trinajstić information content (AvgIpc) is 2.95. The Labute approximate surface area is 126 Å². The molecular formula is C15H23ClN2O2. The van der Waals surface area contributed by atoms with Crippen LogP contribution in [0.3, 0.4) is 0 Å². The summed E-state index contributed by atoms with van der Waals surface area (Å²) in [5.41, 5.74) is 0. The van der Waals surface area contributed by atoms with Crippen molar-refractivity contribution in [3.05, 3.63) is 23.7 Å². The second-order valence-corrected chi connectivity index (χ2v) is 5.60. The van der Waals surface area contributed by atoms with E-state index < -0.39 is 0 Å². The number of rotatable bonds is 5. The first-order valence-electron chi connectivity index (χ1n) is 7.41. The van der Waals surface area contributed by atoms with Crippen LogP contribution in [0.25, 0.3) is 0 Å². The van der Waals surface area contributed by atoms with Gasteiger partial charge >= 0.3 is 0 Å². The quantitative estimate of drug-likeness (QED) is 0.909. The summed E-state index contributed by atoms with van der Waals surface area (Å²) in [6.07, 6.45) is 5.51. The minimum Gasteiger partial charge on any atom is -0.456 e. The molecule has 1 N–H and O–H groups in total. The van der Waals surface area contributed by atoms with Crippen molar-refractivity contribution in [1.82, 2.24) is 10.2 Å². The van der Waals surface area contributed by atoms with E-state index in [4.69, 9.17) is 4.42 Å². The molecule has 1 aliphatic heterocycles. The molecule has 5 heteroatoms. The van der Waals surface area contributed by atoms with Gasteiger partial charge in [0.25, 0.3) is 5.91 Å². The van der Waals surface area contributed by atoms with E-state index in [0.717, 1.165) is 38.1 Å². The largest absolute Gasteiger partial charge is 0.456 e. The van der Waals surface area contributed by atoms with Gasteiger partial charge in [-0.1, -0.05) is 6.92 Å². The van der Waals surface area contributed by atoms with E-state index in [2.05, 4.69) is 5.32 Å². The maximum atomic E-state index is 12.5. The number of hydrogen-bond acceptors (Lipinski definition) is 3. The van der Waals surface area contributed by atoms with Crippen LogP contribution in [0.1, 0.15) is 48.9 Å². The summed E-state index contributed by atoms with van der Waals surface area (Å²) in [5.74, 6) is 1.45. The van der Waals surface area contributed by atoms with Gasteiger partial charge < -0.3 is 14.6 Å². The lowest BCUT2D eigenvalue weighted by molar-refractivity contribution is 0.0694. The van der Waals surface area contributed by atoms with Gasteiger partial charge in [0, 0.05) is 25.0 Å². The minimum atomic E-state index is 0. The zero-order valence-corrected chi connectivity index (χ0v) is 12.7. The Bertz CT molecular complexity index is 450. The Morgan fingerprint density at radius 2 is 2.20 bits per heavy atom. The molecule has 1 unspecified atom stereocenters. The van der Waals surface area contributed by atoms with Crippen molar-refractivity contribution in [2.45, 2.75) is 51.1 Å². The van der Waals surface area contributed by atoms with Crippen LogP contribution < -0.4 is 5.32 Å². The van der Waals surface area contributed by atoms with Gasteiger partial charge in [-0.25, -0.2) is 0 Å². The van der Waals surface area contributed by atoms with E-state index in [1.807, 2.05) is 24.0 Å². The Morgan fingerprint density at radius 3 is 2.75 bits per heavy atom. The monoisotopic (exact) mass is 298 g/mol. The molecule has 2 heterocycles. The maximum Gasteiger partial charge on any atom is 0.289 e. The number of nitrogens with zero attached hydrogens (tertiary/aromatic N) is 1. The van der Waals surface area contributed by atoms with E-state index in [-0.39, 0.29) is 18.3 Å². The Kier molecular flexibility index (Phi) is 5.11. The lowest BCUT2D eigenvalue weighted by Gasteiger charge is -2.25. The fraction of sp³-hybridized carbons (Fsp3) is 0.667. The molecule has 0 bridgehead atoms. The normalized spacial score (nSPS) is 21.6. The van der Waals surface area contributed by atoms with Gasteiger partial charge in [0.05, 0.1) is 0 Å². The molecule has 0 spiro atoms. The third-order valence-electron chi connectivity index (χ3n) is 4.05. The molecule has 2 fully saturated rings. The fourth-order valence-corrected chi connectivity index (χ4v) is 2.76. The van der Waals surface area contributed by atoms with E-state index >= 15 is 0 Å². The van der Waals surface area contributed by atoms with E-state index in [1.165, 1.54) is 12.8 Å². The van der Waals surface area contributed by atoms with Crippen molar-refractivity contribution < 1.29 is 9.21 Å². The molecule has 4 nitrogen and oxygen atoms in total. The number of nitrogens with one attached hydrogen (secondary N) is 1. The highest BCUT2D eigenvalue weighted by Crippen LogP contribution is 2.29. The number of halogens is 1. The molecule has 1 atom stereocenters. The smallest absolute Gasteiger partial charge is 0.289 e. The molecule has 0 radical (unpaired) electrons. The Morgan fingerprint density at radius 1 is 1.40 bits per heavy atom. The molecule has 1 saturated heterocycles. The molecule has 3 rings (SSSR count). The van der Waals surface area contributed by atoms with Gasteiger partial charge in [-0.15, -0.1) is 12.4 Å². The third kappa shape index (κ3) is 3.36. The number of furan rings is 1. The summed E-state index contributed by atoms with van der Waals surface area (Å²) in [6.45, 7) is 3.94. The third-order valence-corrected chi connectivity index (χ3v) is 4.05. The van der Waals surface area contributed by atoms with E-state index in [0.29, 0.717) is 17.8 Å². The second kappa shape index (κ2) is 6.64. The highest BCUT2D eigenvalue weighted by atomic mass is 35.5. The van der Waals surface area contributed by atoms with E-state index in [9.17, 15) is 4.79 Å². The molecular weight excluding hydrogens is 276 g/mol. The number of carbonyl (C=O) groups excluding carboxylic acids is 1.